The molecule has 0 bridgehead atoms. The van der Waals surface area contributed by atoms with Crippen molar-refractivity contribution < 1.29 is 239 Å². The average Bonchev–Trinajstić information content (AvgIpc) is 1.48. The minimum atomic E-state index is -5.08. The number of benzene rings is 4. The van der Waals surface area contributed by atoms with E-state index in [-0.39, 0.29) is 146 Å². The topological polar surface area (TPSA) is 345 Å². The Morgan fingerprint density at radius 2 is 1.00 bits per heavy atom. The molecule has 4 aliphatic heterocycles. The molecule has 4 saturated heterocycles. The number of esters is 2. The Labute approximate surface area is 670 Å². The Balaban J connectivity index is 0. The van der Waals surface area contributed by atoms with Gasteiger partial charge < -0.3 is 61.9 Å². The number of carbonyl (C=O) groups is 2. The summed E-state index contributed by atoms with van der Waals surface area (Å²) < 4.78 is 363. The van der Waals surface area contributed by atoms with E-state index in [0.717, 1.165) is 28.9 Å². The molecule has 92 heavy (non-hydrogen) atoms. The van der Waals surface area contributed by atoms with Gasteiger partial charge in [0.25, 0.3) is 0 Å². The zero-order valence-corrected chi connectivity index (χ0v) is 62.2. The Morgan fingerprint density at radius 1 is 0.630 bits per heavy atom. The summed E-state index contributed by atoms with van der Waals surface area (Å²) in [6, 6.07) is 26.4. The van der Waals surface area contributed by atoms with Crippen molar-refractivity contribution in [3.05, 3.63) is 160 Å². The molecule has 4 aromatic rings. The molecule has 2 unspecified atom stereocenters. The minimum Gasteiger partial charge on any atom is -0.552 e. The van der Waals surface area contributed by atoms with E-state index in [9.17, 15) is 26.4 Å². The summed E-state index contributed by atoms with van der Waals surface area (Å²) in [5.74, 6) is -18.4. The molecule has 4 fully saturated rings. The van der Waals surface area contributed by atoms with Crippen molar-refractivity contribution in [3.63, 3.8) is 0 Å². The number of anilines is 1. The zero-order chi connectivity index (χ0) is 90.3. The van der Waals surface area contributed by atoms with Crippen LogP contribution >= 0.6 is 16.7 Å². The van der Waals surface area contributed by atoms with E-state index in [1.807, 2.05) is 0 Å². The van der Waals surface area contributed by atoms with E-state index >= 15 is 0 Å². The second-order valence-electron chi connectivity index (χ2n) is 18.1. The summed E-state index contributed by atoms with van der Waals surface area (Å²) >= 11 is 0. The van der Waals surface area contributed by atoms with E-state index in [4.69, 9.17) is 115 Å². The number of hydrogen-bond acceptors (Lipinski definition) is 23. The minimum absolute atomic E-state index is 0. The second kappa shape index (κ2) is 49.7. The fourth-order valence-electron chi connectivity index (χ4n) is 8.14. The molecule has 4 aliphatic rings. The van der Waals surface area contributed by atoms with Gasteiger partial charge in [-0.25, -0.2) is 31.1 Å². The number of ether oxygens (including phenoxy) is 8. The fraction of sp³-hybridized carbons (Fsp3) is 0.525. The van der Waals surface area contributed by atoms with Gasteiger partial charge in [-0.3, -0.25) is 9.59 Å². The quantitative estimate of drug-likeness (QED) is 0.0222. The van der Waals surface area contributed by atoms with Crippen LogP contribution in [0.25, 0.3) is 0 Å². The van der Waals surface area contributed by atoms with Crippen LogP contribution in [0.15, 0.2) is 119 Å². The van der Waals surface area contributed by atoms with E-state index < -0.39 is 218 Å². The van der Waals surface area contributed by atoms with Crippen molar-refractivity contribution in [2.75, 3.05) is 58.1 Å². The summed E-state index contributed by atoms with van der Waals surface area (Å²) in [6.07, 6.45) is -27.1. The SMILES string of the molecule is O=O.O=O.O=[P-]=O.O=[P-]=O.[2H]C([2H])([2H])C([2H])(C)C([2H])([2H])N(C[C@@H](O[CH2-])[C@@H](CC(=O)O[C@@]1([2H])C([2H])([2H])O[C@@]2([2H])OC([2H])([2H])C([2H])([2H])[C@]21[2H])Cc1ccccc1)S(=O)(=O)c1ccc(N)cc1.[2H]C([2H])([2H])C([2H])(C)CN(C[C@@H](O[CH2-])[C@@H](CC(=O)O[C@@]1([2H])C([2H])([2H])O[C@@]2([2H])OC([2H])([2H])C([2H])([2H])[C@]21[2H])Cc1ccccc1)S(=O)(=O)c1ccc(C)cc1.[Na+].[Na+].[Na+].[Na+]. The standard InChI is InChI=1S/C30H40NO7S.C29H39N2O7S.4Na.2O2P.2O2/c1-21(2)18-31(39(33,34)25-12-10-22(3)11-13-25)19-27(35-4)24(16-23-8-6-5-7-9-23)17-29(32)38-28-20-37-30-26(28)14-15-36-30;1-20(2)17-31(39(33,34)24-11-9-23(30)10-12-24)18-26(35-3)22(15-21-7-5-4-6-8-21)16-28(32)38-27-19-37-29-25(27)13-14-36-29;;;;;2*1-3-2;2*1-2/h5-13,21,24,26-28,30H,4,14-20H2,1-3H3;4-12,20,22,25-27,29H,3,13-19,30H2,1-2H3;;;;;;;;/q2*-1;4*+1;2*-1;;/t24-,26+,27-,28+,30-;22-,25+,26-,27+,29-;;;;;;;;/m11......../s1/i1D3,14D2,15D2,20D2,21D,26D,28D,30D;1D3,13D2,14D2,17D2,19D2,20D,25D,27D,29D;;;;;;;;/t21?,24-,26+,27-,28+,30-;20?,22-,25+,26-,27+,29-;;;;;;;;. The van der Waals surface area contributed by atoms with Crippen LogP contribution in [0, 0.1) is 76.4 Å². The number of carbonyl (C=O) groups excluding carboxylic acids is 2. The number of hydrogen-bond donors (Lipinski definition) is 1. The first-order valence-corrected chi connectivity index (χ1v) is 29.3. The van der Waals surface area contributed by atoms with Crippen molar-refractivity contribution in [3.8, 4) is 0 Å². The maximum atomic E-state index is 14.2. The van der Waals surface area contributed by atoms with Gasteiger partial charge in [0.15, 0.2) is 12.5 Å². The van der Waals surface area contributed by atoms with Gasteiger partial charge in [-0.2, -0.15) is 8.61 Å². The molecule has 2 N–H and O–H groups in total. The van der Waals surface area contributed by atoms with E-state index in [0.29, 0.717) is 18.1 Å². The molecule has 12 atom stereocenters. The van der Waals surface area contributed by atoms with Gasteiger partial charge in [-0.15, -0.1) is 0 Å². The third-order valence-corrected chi connectivity index (χ3v) is 15.5. The Bertz CT molecular complexity index is 4360. The number of aryl methyl sites for hydroxylation is 1. The summed E-state index contributed by atoms with van der Waals surface area (Å²) in [6.45, 7) is -23.3. The Morgan fingerprint density at radius 3 is 1.38 bits per heavy atom. The van der Waals surface area contributed by atoms with Gasteiger partial charge in [0.2, 0.25) is 20.0 Å². The van der Waals surface area contributed by atoms with E-state index in [1.54, 1.807) is 67.6 Å². The van der Waals surface area contributed by atoms with Gasteiger partial charge in [0, 0.05) is 85.8 Å². The third-order valence-electron chi connectivity index (χ3n) is 12.0. The van der Waals surface area contributed by atoms with Crippen LogP contribution in [-0.2, 0) is 98.6 Å². The van der Waals surface area contributed by atoms with Crippen LogP contribution in [0.2, 0.25) is 0 Å². The first kappa shape index (κ1) is 53.2. The first-order valence-electron chi connectivity index (χ1n) is 39.0. The van der Waals surface area contributed by atoms with Crippen molar-refractivity contribution >= 4 is 54.4 Å². The molecule has 0 spiro atoms. The van der Waals surface area contributed by atoms with Gasteiger partial charge in [-0.1, -0.05) is 123 Å². The maximum absolute atomic E-state index is 14.2. The monoisotopic (exact) mass is 1430 g/mol. The number of nitrogen functional groups attached to an aromatic ring is 1. The van der Waals surface area contributed by atoms with Crippen LogP contribution < -0.4 is 124 Å². The fourth-order valence-corrected chi connectivity index (χ4v) is 11.0. The predicted molar refractivity (Wildman–Crippen MR) is 324 cm³/mol. The van der Waals surface area contributed by atoms with Crippen LogP contribution in [0.3, 0.4) is 0 Å². The molecule has 488 valence electrons. The average molecular weight is 1430 g/mol. The molecule has 25 nitrogen and oxygen atoms in total. The Kier molecular flexibility index (Phi) is 28.7. The summed E-state index contributed by atoms with van der Waals surface area (Å²) in [5, 5.41) is 0. The molecular formula is C59H79N3Na4O22P2S2. The largest absolute Gasteiger partial charge is 1.00 e. The zero-order valence-electron chi connectivity index (χ0n) is 78.7. The molecular weight excluding hydrogens is 1320 g/mol. The number of rotatable bonds is 26. The molecule has 8 rings (SSSR count). The first-order chi connectivity index (χ1) is 52.6. The molecule has 0 aromatic heterocycles. The molecule has 0 radical (unpaired) electrons. The van der Waals surface area contributed by atoms with Crippen LogP contribution in [0.5, 0.6) is 0 Å². The van der Waals surface area contributed by atoms with Crippen LogP contribution in [-0.4, -0.2) is 127 Å². The van der Waals surface area contributed by atoms with Crippen LogP contribution in [0.4, 0.5) is 5.69 Å². The molecule has 4 aromatic carbocycles. The van der Waals surface area contributed by atoms with E-state index in [2.05, 4.69) is 19.0 Å². The molecule has 0 aliphatic carbocycles. The number of sulfonamides is 2. The van der Waals surface area contributed by atoms with Crippen molar-refractivity contribution in [1.82, 2.24) is 8.61 Å². The van der Waals surface area contributed by atoms with Gasteiger partial charge in [0.1, 0.15) is 12.2 Å². The molecule has 4 heterocycles. The maximum Gasteiger partial charge on any atom is 1.00 e. The van der Waals surface area contributed by atoms with Crippen molar-refractivity contribution in [2.45, 2.75) is 120 Å². The van der Waals surface area contributed by atoms with Crippen LogP contribution in [0.1, 0.15) is 108 Å². The Hall–Kier alpha value is -1.80. The summed E-state index contributed by atoms with van der Waals surface area (Å²) in [7, 11) is -4.98. The second-order valence-corrected chi connectivity index (χ2v) is 22.2. The van der Waals surface area contributed by atoms with Crippen molar-refractivity contribution in [2.24, 2.45) is 35.4 Å². The van der Waals surface area contributed by atoms with Gasteiger partial charge >= 0.3 is 130 Å². The molecule has 0 saturated carbocycles. The molecule has 33 heteroatoms. The number of nitrogens with zero attached hydrogens (tertiary/aromatic N) is 2. The summed E-state index contributed by atoms with van der Waals surface area (Å²) in [5.41, 5.74) is 7.59. The van der Waals surface area contributed by atoms with Crippen molar-refractivity contribution in [1.29, 1.82) is 0 Å². The summed E-state index contributed by atoms with van der Waals surface area (Å²) in [4.78, 5) is 54.7. The van der Waals surface area contributed by atoms with Gasteiger partial charge in [0.05, 0.1) is 77.1 Å². The number of fused-ring (bicyclic) bond motifs is 2. The third kappa shape index (κ3) is 30.5. The predicted octanol–water partition coefficient (Wildman–Crippen LogP) is -2.58. The van der Waals surface area contributed by atoms with E-state index in [1.165, 1.54) is 36.4 Å². The number of nitrogens with two attached hydrogens (primary N) is 1. The smallest absolute Gasteiger partial charge is 0.552 e. The van der Waals surface area contributed by atoms with Gasteiger partial charge in [-0.05, 0) is 104 Å². The normalized spacial score (nSPS) is 33.8. The molecule has 0 amide bonds.